The van der Waals surface area contributed by atoms with Crippen LogP contribution in [0.2, 0.25) is 0 Å². The molecule has 0 bridgehead atoms. The van der Waals surface area contributed by atoms with Gasteiger partial charge in [0.15, 0.2) is 0 Å². The van der Waals surface area contributed by atoms with E-state index in [0.717, 1.165) is 5.56 Å². The summed E-state index contributed by atoms with van der Waals surface area (Å²) in [4.78, 5) is 4.05. The largest absolute Gasteiger partial charge is 0.256 e. The average molecular weight is 417 g/mol. The average Bonchev–Trinajstić information content (AvgIpc) is 2.28. The fraction of sp³-hybridized carbons (Fsp3) is 0.0909. The molecule has 0 aromatic heterocycles. The van der Waals surface area contributed by atoms with Gasteiger partial charge in [-0.15, -0.1) is 5.73 Å². The van der Waals surface area contributed by atoms with Gasteiger partial charge in [0, 0.05) is 11.8 Å². The number of benzene rings is 1. The van der Waals surface area contributed by atoms with Crippen LogP contribution in [0.5, 0.6) is 0 Å². The van der Waals surface area contributed by atoms with Crippen LogP contribution in [0, 0.1) is 6.92 Å². The van der Waals surface area contributed by atoms with E-state index >= 15 is 0 Å². The molecule has 0 fully saturated rings. The van der Waals surface area contributed by atoms with E-state index in [0.29, 0.717) is 0 Å². The maximum Gasteiger partial charge on any atom is 0.0686 e. The van der Waals surface area contributed by atoms with Crippen LogP contribution in [0.4, 0.5) is 0 Å². The van der Waals surface area contributed by atoms with E-state index in [-0.39, 0.29) is 0 Å². The molecule has 13 heavy (non-hydrogen) atoms. The maximum atomic E-state index is 4.05. The first-order valence-electron chi connectivity index (χ1n) is 3.91. The van der Waals surface area contributed by atoms with Crippen LogP contribution >= 0.6 is 0 Å². The molecule has 0 spiro atoms. The van der Waals surface area contributed by atoms with E-state index in [1.165, 1.54) is 11.1 Å². The number of hydrogen-bond donors (Lipinski definition) is 0. The van der Waals surface area contributed by atoms with Gasteiger partial charge in [0.2, 0.25) is 0 Å². The summed E-state index contributed by atoms with van der Waals surface area (Å²) >= 11 is 0. The fourth-order valence-electron chi connectivity index (χ4n) is 1.22. The molecular formula is C11H9LrN. The monoisotopic (exact) mass is 417 g/mol. The molecule has 1 aromatic carbocycles. The molecule has 1 aliphatic rings. The van der Waals surface area contributed by atoms with Crippen molar-refractivity contribution in [3.63, 3.8) is 0 Å². The molecule has 2 rings (SSSR count). The predicted molar refractivity (Wildman–Crippen MR) is 51.3 cm³/mol. The Labute approximate surface area is 71.8 Å². The summed E-state index contributed by atoms with van der Waals surface area (Å²) in [5, 5.41) is 0. The van der Waals surface area contributed by atoms with Crippen molar-refractivity contribution in [1.29, 1.82) is 0 Å². The number of fused-ring (bicyclic) bond motifs is 1. The summed E-state index contributed by atoms with van der Waals surface area (Å²) in [6.07, 6.45) is 5.48. The third-order valence-corrected chi connectivity index (χ3v) is 1.84. The zero-order valence-corrected chi connectivity index (χ0v) is 9.32. The molecule has 0 amide bonds. The van der Waals surface area contributed by atoms with Crippen LogP contribution < -0.4 is 0 Å². The van der Waals surface area contributed by atoms with E-state index < -0.39 is 0 Å². The number of hydrogen-bond acceptors (Lipinski definition) is 1. The van der Waals surface area contributed by atoms with Crippen molar-refractivity contribution in [3.8, 4) is 0 Å². The Kier molecular flexibility index (Phi) is 2.10. The number of nitrogens with zero attached hydrogens (tertiary/aromatic N) is 1. The van der Waals surface area contributed by atoms with Crippen LogP contribution in [0.1, 0.15) is 16.7 Å². The minimum atomic E-state index is 0. The van der Waals surface area contributed by atoms with Crippen molar-refractivity contribution in [2.45, 2.75) is 6.92 Å². The van der Waals surface area contributed by atoms with Gasteiger partial charge in [0.05, 0.1) is 6.20 Å². The molecule has 2 heteroatoms. The molecule has 1 heterocycles. The van der Waals surface area contributed by atoms with Gasteiger partial charge in [0.25, 0.3) is 0 Å². The summed E-state index contributed by atoms with van der Waals surface area (Å²) in [5.74, 6) is 0. The number of aliphatic imine (C=N–C) groups is 1. The molecule has 1 nitrogen and oxygen atoms in total. The third-order valence-electron chi connectivity index (χ3n) is 1.84. The standard InChI is InChI=1S/C11H9N.Lr/c1-9-4-5-11-8-12-6-2-3-10(11)7-9;/h3-8H,1H3;. The summed E-state index contributed by atoms with van der Waals surface area (Å²) in [6.45, 7) is 2.08. The minimum absolute atomic E-state index is 0. The van der Waals surface area contributed by atoms with E-state index in [1.807, 2.05) is 12.3 Å². The van der Waals surface area contributed by atoms with Crippen LogP contribution in [0.15, 0.2) is 35.1 Å². The van der Waals surface area contributed by atoms with E-state index in [2.05, 4.69) is 35.8 Å². The second-order valence-corrected chi connectivity index (χ2v) is 2.85. The van der Waals surface area contributed by atoms with Crippen molar-refractivity contribution in [3.05, 3.63) is 46.8 Å². The van der Waals surface area contributed by atoms with E-state index in [1.54, 1.807) is 6.20 Å². The van der Waals surface area contributed by atoms with Gasteiger partial charge < -0.3 is 0 Å². The van der Waals surface area contributed by atoms with Gasteiger partial charge in [-0.2, -0.15) is 0 Å². The maximum absolute atomic E-state index is 4.05. The Morgan fingerprint density at radius 3 is 2.92 bits per heavy atom. The van der Waals surface area contributed by atoms with Crippen molar-refractivity contribution in [2.24, 2.45) is 4.99 Å². The van der Waals surface area contributed by atoms with Gasteiger partial charge >= 0.3 is 0 Å². The van der Waals surface area contributed by atoms with Gasteiger partial charge in [-0.3, -0.25) is 4.99 Å². The van der Waals surface area contributed by atoms with E-state index in [9.17, 15) is 0 Å². The Hall–Kier alpha value is -2.59. The molecule has 0 aliphatic carbocycles. The zero-order valence-electron chi connectivity index (χ0n) is 7.17. The van der Waals surface area contributed by atoms with Crippen molar-refractivity contribution >= 4 is 12.3 Å². The van der Waals surface area contributed by atoms with Crippen molar-refractivity contribution in [2.75, 3.05) is 0 Å². The second-order valence-electron chi connectivity index (χ2n) is 2.85. The van der Waals surface area contributed by atoms with Crippen LogP contribution in [-0.4, -0.2) is 6.21 Å². The first kappa shape index (κ1) is 8.51. The molecule has 0 saturated carbocycles. The normalized spacial score (nSPS) is 11.8. The summed E-state index contributed by atoms with van der Waals surface area (Å²) in [6, 6.07) is 6.29. The molecule has 0 unspecified atom stereocenters. The molecule has 73 valence electrons. The van der Waals surface area contributed by atoms with Crippen LogP contribution in [-0.2, 0) is 0 Å². The smallest absolute Gasteiger partial charge is 0.0686 e. The Morgan fingerprint density at radius 2 is 2.08 bits per heavy atom. The van der Waals surface area contributed by atoms with Crippen LogP contribution in [0.3, 0.4) is 0 Å². The number of aryl methyl sites for hydroxylation is 1. The van der Waals surface area contributed by atoms with Crippen molar-refractivity contribution < 1.29 is 0 Å². The van der Waals surface area contributed by atoms with Gasteiger partial charge in [-0.05, 0) is 18.6 Å². The molecule has 0 N–H and O–H groups in total. The molecule has 0 saturated heterocycles. The number of rotatable bonds is 0. The summed E-state index contributed by atoms with van der Waals surface area (Å²) in [5.41, 5.74) is 6.59. The van der Waals surface area contributed by atoms with Gasteiger partial charge in [0.1, 0.15) is 0 Å². The summed E-state index contributed by atoms with van der Waals surface area (Å²) < 4.78 is 0. The molecule has 1 radical (unpaired) electrons. The molecular weight excluding hydrogens is 408 g/mol. The fourth-order valence-corrected chi connectivity index (χ4v) is 1.22. The Bertz CT molecular complexity index is 399. The first-order chi connectivity index (χ1) is 5.86. The predicted octanol–water partition coefficient (Wildman–Crippen LogP) is 2.55. The second kappa shape index (κ2) is 3.21. The zero-order chi connectivity index (χ0) is 8.39. The van der Waals surface area contributed by atoms with Gasteiger partial charge in [-0.1, -0.05) is 23.8 Å². The van der Waals surface area contributed by atoms with Crippen molar-refractivity contribution in [1.82, 2.24) is 0 Å². The minimum Gasteiger partial charge on any atom is -0.256 e. The van der Waals surface area contributed by atoms with Gasteiger partial charge in [-0.25, -0.2) is 0 Å². The molecule has 0 atom stereocenters. The molecule has 1 aliphatic heterocycles. The van der Waals surface area contributed by atoms with E-state index in [4.69, 9.17) is 0 Å². The quantitative estimate of drug-likeness (QED) is 0.576. The topological polar surface area (TPSA) is 12.4 Å². The van der Waals surface area contributed by atoms with Crippen LogP contribution in [0.25, 0.3) is 6.08 Å². The Morgan fingerprint density at radius 1 is 1.23 bits per heavy atom. The first-order valence-corrected chi connectivity index (χ1v) is 3.91. The SMILES string of the molecule is Cc1ccc2c(c1)C=C=CN=C2.[Lr]. The Balaban J connectivity index is 0.000000845. The summed E-state index contributed by atoms with van der Waals surface area (Å²) in [7, 11) is 0. The third kappa shape index (κ3) is 1.52. The molecule has 1 aromatic rings.